The van der Waals surface area contributed by atoms with E-state index >= 15 is 0 Å². The van der Waals surface area contributed by atoms with E-state index in [0.717, 1.165) is 16.6 Å². The average molecular weight is 413 g/mol. The maximum atomic E-state index is 6.13. The number of hydrogen-bond donors (Lipinski definition) is 0. The van der Waals surface area contributed by atoms with E-state index in [0.29, 0.717) is 0 Å². The highest BCUT2D eigenvalue weighted by Crippen LogP contribution is 2.39. The molecule has 0 saturated carbocycles. The summed E-state index contributed by atoms with van der Waals surface area (Å²) in [6, 6.07) is 7.99. The highest BCUT2D eigenvalue weighted by molar-refractivity contribution is 14.1. The van der Waals surface area contributed by atoms with E-state index in [9.17, 15) is 0 Å². The number of benzene rings is 1. The zero-order chi connectivity index (χ0) is 13.1. The second-order valence-corrected chi connectivity index (χ2v) is 7.11. The second kappa shape index (κ2) is 5.89. The number of ether oxygens (including phenoxy) is 2. The normalized spacial score (nSPS) is 15.4. The van der Waals surface area contributed by atoms with Gasteiger partial charge in [0.1, 0.15) is 5.75 Å². The first-order valence-corrected chi connectivity index (χ1v) is 7.60. The minimum atomic E-state index is -0.359. The molecule has 0 bridgehead atoms. The van der Waals surface area contributed by atoms with Gasteiger partial charge in [0, 0.05) is 5.33 Å². The molecule has 0 N–H and O–H groups in total. The van der Waals surface area contributed by atoms with E-state index in [1.54, 1.807) is 7.11 Å². The van der Waals surface area contributed by atoms with Crippen molar-refractivity contribution in [1.82, 2.24) is 0 Å². The number of halogens is 2. The molecule has 1 atom stereocenters. The van der Waals surface area contributed by atoms with Crippen LogP contribution in [-0.4, -0.2) is 18.0 Å². The van der Waals surface area contributed by atoms with E-state index in [4.69, 9.17) is 9.47 Å². The first-order valence-electron chi connectivity index (χ1n) is 5.40. The van der Waals surface area contributed by atoms with Crippen molar-refractivity contribution in [2.45, 2.75) is 30.0 Å². The molecule has 1 unspecified atom stereocenters. The van der Waals surface area contributed by atoms with E-state index in [2.05, 4.69) is 59.3 Å². The molecule has 0 aromatic heterocycles. The predicted molar refractivity (Wildman–Crippen MR) is 83.3 cm³/mol. The lowest BCUT2D eigenvalue weighted by atomic mass is 10.1. The van der Waals surface area contributed by atoms with Gasteiger partial charge >= 0.3 is 0 Å². The van der Waals surface area contributed by atoms with Gasteiger partial charge in [0.05, 0.1) is 12.7 Å². The molecule has 0 aliphatic carbocycles. The molecule has 1 aromatic rings. The molecule has 0 radical (unpaired) electrons. The van der Waals surface area contributed by atoms with E-state index in [1.807, 2.05) is 24.3 Å². The van der Waals surface area contributed by atoms with Crippen LogP contribution in [0.5, 0.6) is 5.75 Å². The lowest BCUT2D eigenvalue weighted by molar-refractivity contribution is -0.0612. The third-order valence-corrected chi connectivity index (χ3v) is 5.22. The fourth-order valence-electron chi connectivity index (χ4n) is 1.49. The molecule has 0 heterocycles. The summed E-state index contributed by atoms with van der Waals surface area (Å²) in [6.45, 7) is 6.19. The molecule has 17 heavy (non-hydrogen) atoms. The first kappa shape index (κ1) is 15.2. The standard InChI is InChI=1S/C13H18BrIO2/c1-12(2,3)17-13(15,9-14)10-5-7-11(16-4)8-6-10/h5-8H,9H2,1-4H3. The van der Waals surface area contributed by atoms with E-state index in [-0.39, 0.29) is 9.21 Å². The summed E-state index contributed by atoms with van der Waals surface area (Å²) in [4.78, 5) is 0. The Hall–Kier alpha value is 0.190. The Balaban J connectivity index is 2.99. The average Bonchev–Trinajstić information content (AvgIpc) is 2.27. The predicted octanol–water partition coefficient (Wildman–Crippen LogP) is 4.49. The first-order chi connectivity index (χ1) is 7.80. The van der Waals surface area contributed by atoms with Gasteiger partial charge in [-0.25, -0.2) is 0 Å². The van der Waals surface area contributed by atoms with Crippen molar-refractivity contribution in [2.24, 2.45) is 0 Å². The van der Waals surface area contributed by atoms with Gasteiger partial charge in [0.25, 0.3) is 0 Å². The molecule has 0 amide bonds. The number of rotatable bonds is 4. The summed E-state index contributed by atoms with van der Waals surface area (Å²) in [5, 5.41) is 0.740. The Morgan fingerprint density at radius 3 is 2.06 bits per heavy atom. The van der Waals surface area contributed by atoms with Crippen LogP contribution in [0.15, 0.2) is 24.3 Å². The van der Waals surface area contributed by atoms with Crippen LogP contribution in [0.3, 0.4) is 0 Å². The maximum Gasteiger partial charge on any atom is 0.154 e. The topological polar surface area (TPSA) is 18.5 Å². The van der Waals surface area contributed by atoms with Gasteiger partial charge in [-0.1, -0.05) is 28.1 Å². The van der Waals surface area contributed by atoms with Crippen molar-refractivity contribution in [2.75, 3.05) is 12.4 Å². The Kier molecular flexibility index (Phi) is 5.28. The summed E-state index contributed by atoms with van der Waals surface area (Å²) in [7, 11) is 1.67. The van der Waals surface area contributed by atoms with Gasteiger partial charge in [-0.15, -0.1) is 0 Å². The molecule has 0 aliphatic rings. The van der Waals surface area contributed by atoms with Crippen LogP contribution >= 0.6 is 38.5 Å². The second-order valence-electron chi connectivity index (χ2n) is 4.81. The van der Waals surface area contributed by atoms with Crippen LogP contribution in [0, 0.1) is 0 Å². The summed E-state index contributed by atoms with van der Waals surface area (Å²) in [5.41, 5.74) is 0.945. The van der Waals surface area contributed by atoms with Gasteiger partial charge in [0.15, 0.2) is 3.61 Å². The Morgan fingerprint density at radius 1 is 1.18 bits per heavy atom. The Bertz CT molecular complexity index is 359. The number of hydrogen-bond acceptors (Lipinski definition) is 2. The minimum Gasteiger partial charge on any atom is -0.497 e. The van der Waals surface area contributed by atoms with Gasteiger partial charge < -0.3 is 9.47 Å². The lowest BCUT2D eigenvalue weighted by Crippen LogP contribution is -2.34. The van der Waals surface area contributed by atoms with E-state index in [1.165, 1.54) is 0 Å². The highest BCUT2D eigenvalue weighted by atomic mass is 127. The third kappa shape index (κ3) is 4.41. The quantitative estimate of drug-likeness (QED) is 0.535. The van der Waals surface area contributed by atoms with Crippen molar-refractivity contribution in [1.29, 1.82) is 0 Å². The molecule has 1 aromatic carbocycles. The van der Waals surface area contributed by atoms with Crippen molar-refractivity contribution in [3.05, 3.63) is 29.8 Å². The van der Waals surface area contributed by atoms with Crippen LogP contribution < -0.4 is 4.74 Å². The van der Waals surface area contributed by atoms with Gasteiger partial charge in [-0.05, 0) is 61.1 Å². The van der Waals surface area contributed by atoms with Crippen molar-refractivity contribution in [3.8, 4) is 5.75 Å². The largest absolute Gasteiger partial charge is 0.497 e. The van der Waals surface area contributed by atoms with Crippen LogP contribution in [-0.2, 0) is 8.34 Å². The molecular weight excluding hydrogens is 395 g/mol. The number of methoxy groups -OCH3 is 1. The molecule has 0 aliphatic heterocycles. The number of alkyl halides is 2. The third-order valence-electron chi connectivity index (χ3n) is 2.16. The summed E-state index contributed by atoms with van der Waals surface area (Å²) >= 11 is 5.88. The SMILES string of the molecule is COc1ccc(C(I)(CBr)OC(C)(C)C)cc1. The van der Waals surface area contributed by atoms with Gasteiger partial charge in [-0.2, -0.15) is 0 Å². The van der Waals surface area contributed by atoms with Crippen LogP contribution in [0.25, 0.3) is 0 Å². The molecule has 2 nitrogen and oxygen atoms in total. The molecule has 0 fully saturated rings. The molecule has 0 saturated heterocycles. The van der Waals surface area contributed by atoms with E-state index < -0.39 is 0 Å². The molecular formula is C13H18BrIO2. The summed E-state index contributed by atoms with van der Waals surface area (Å²) in [5.74, 6) is 0.859. The van der Waals surface area contributed by atoms with Crippen LogP contribution in [0.2, 0.25) is 0 Å². The van der Waals surface area contributed by atoms with Crippen molar-refractivity contribution < 1.29 is 9.47 Å². The van der Waals surface area contributed by atoms with Crippen molar-refractivity contribution in [3.63, 3.8) is 0 Å². The zero-order valence-electron chi connectivity index (χ0n) is 10.6. The molecule has 0 spiro atoms. The molecule has 96 valence electrons. The van der Waals surface area contributed by atoms with Gasteiger partial charge in [0.2, 0.25) is 0 Å². The smallest absolute Gasteiger partial charge is 0.154 e. The maximum absolute atomic E-state index is 6.13. The summed E-state index contributed by atoms with van der Waals surface area (Å²) in [6.07, 6.45) is 0. The monoisotopic (exact) mass is 412 g/mol. The van der Waals surface area contributed by atoms with Gasteiger partial charge in [-0.3, -0.25) is 0 Å². The zero-order valence-corrected chi connectivity index (χ0v) is 14.3. The highest BCUT2D eigenvalue weighted by Gasteiger charge is 2.33. The molecule has 1 rings (SSSR count). The lowest BCUT2D eigenvalue weighted by Gasteiger charge is -2.34. The van der Waals surface area contributed by atoms with Crippen molar-refractivity contribution >= 4 is 38.5 Å². The minimum absolute atomic E-state index is 0.186. The van der Waals surface area contributed by atoms with Crippen LogP contribution in [0.4, 0.5) is 0 Å². The Labute approximate surface area is 125 Å². The molecule has 4 heteroatoms. The van der Waals surface area contributed by atoms with Crippen LogP contribution in [0.1, 0.15) is 26.3 Å². The Morgan fingerprint density at radius 2 is 1.71 bits per heavy atom. The summed E-state index contributed by atoms with van der Waals surface area (Å²) < 4.78 is 10.9. The fraction of sp³-hybridized carbons (Fsp3) is 0.538. The fourth-order valence-corrected chi connectivity index (χ4v) is 2.95.